The summed E-state index contributed by atoms with van der Waals surface area (Å²) in [6.07, 6.45) is 0.314. The smallest absolute Gasteiger partial charge is 0.255 e. The first-order valence-corrected chi connectivity index (χ1v) is 9.24. The number of piperazine rings is 1. The highest BCUT2D eigenvalue weighted by molar-refractivity contribution is 5.96. The van der Waals surface area contributed by atoms with Crippen molar-refractivity contribution < 1.29 is 14.3 Å². The van der Waals surface area contributed by atoms with Crippen LogP contribution < -0.4 is 4.74 Å². The van der Waals surface area contributed by atoms with E-state index in [9.17, 15) is 9.59 Å². The zero-order valence-electron chi connectivity index (χ0n) is 16.5. The van der Waals surface area contributed by atoms with Crippen LogP contribution in [0, 0.1) is 13.8 Å². The molecular weight excluding hydrogens is 342 g/mol. The average molecular weight is 369 g/mol. The van der Waals surface area contributed by atoms with Crippen molar-refractivity contribution in [3.63, 3.8) is 0 Å². The Balaban J connectivity index is 1.60. The van der Waals surface area contributed by atoms with Crippen LogP contribution in [-0.2, 0) is 18.3 Å². The van der Waals surface area contributed by atoms with Gasteiger partial charge in [-0.25, -0.2) is 0 Å². The molecule has 0 aliphatic carbocycles. The Kier molecular flexibility index (Phi) is 5.54. The first-order chi connectivity index (χ1) is 12.9. The number of carbonyl (C=O) groups is 2. The van der Waals surface area contributed by atoms with Gasteiger partial charge in [-0.05, 0) is 26.0 Å². The van der Waals surface area contributed by atoms with Crippen molar-refractivity contribution >= 4 is 11.8 Å². The van der Waals surface area contributed by atoms with Gasteiger partial charge < -0.3 is 19.1 Å². The van der Waals surface area contributed by atoms with E-state index in [2.05, 4.69) is 0 Å². The second kappa shape index (κ2) is 7.86. The summed E-state index contributed by atoms with van der Waals surface area (Å²) in [5.74, 6) is 0.848. The maximum absolute atomic E-state index is 12.8. The van der Waals surface area contributed by atoms with Crippen molar-refractivity contribution in [1.29, 1.82) is 0 Å². The zero-order chi connectivity index (χ0) is 19.6. The summed E-state index contributed by atoms with van der Waals surface area (Å²) in [7, 11) is 3.58. The minimum absolute atomic E-state index is 0.0491. The van der Waals surface area contributed by atoms with Crippen LogP contribution in [0.3, 0.4) is 0 Å². The monoisotopic (exact) mass is 369 g/mol. The largest absolute Gasteiger partial charge is 0.496 e. The molecule has 1 aromatic carbocycles. The van der Waals surface area contributed by atoms with Crippen LogP contribution in [0.4, 0.5) is 0 Å². The molecule has 2 aromatic rings. The van der Waals surface area contributed by atoms with E-state index in [1.807, 2.05) is 65.6 Å². The lowest BCUT2D eigenvalue weighted by Gasteiger charge is -2.35. The molecule has 1 aliphatic heterocycles. The molecule has 1 saturated heterocycles. The second-order valence-corrected chi connectivity index (χ2v) is 7.01. The normalized spacial score (nSPS) is 14.4. The standard InChI is InChI=1S/C21H27N3O3/c1-15-13-18(16(2)22(15)3)21(26)24-11-9-23(10-12-24)20(25)14-17-7-5-6-8-19(17)27-4/h5-8,13H,9-12,14H2,1-4H3. The molecule has 2 amide bonds. The lowest BCUT2D eigenvalue weighted by Crippen LogP contribution is -2.51. The van der Waals surface area contributed by atoms with Gasteiger partial charge in [0.1, 0.15) is 5.75 Å². The van der Waals surface area contributed by atoms with Crippen LogP contribution in [-0.4, -0.2) is 59.5 Å². The fraction of sp³-hybridized carbons (Fsp3) is 0.429. The molecule has 3 rings (SSSR count). The highest BCUT2D eigenvalue weighted by Crippen LogP contribution is 2.20. The Labute approximate surface area is 160 Å². The minimum Gasteiger partial charge on any atom is -0.496 e. The molecule has 0 radical (unpaired) electrons. The topological polar surface area (TPSA) is 54.8 Å². The second-order valence-electron chi connectivity index (χ2n) is 7.01. The van der Waals surface area contributed by atoms with Crippen molar-refractivity contribution in [2.45, 2.75) is 20.3 Å². The molecule has 2 heterocycles. The first-order valence-electron chi connectivity index (χ1n) is 9.24. The van der Waals surface area contributed by atoms with Crippen LogP contribution in [0.25, 0.3) is 0 Å². The van der Waals surface area contributed by atoms with E-state index in [0.717, 1.165) is 28.3 Å². The minimum atomic E-state index is 0.0491. The number of rotatable bonds is 4. The molecule has 0 bridgehead atoms. The molecule has 0 unspecified atom stereocenters. The molecule has 1 aliphatic rings. The number of ether oxygens (including phenoxy) is 1. The Morgan fingerprint density at radius 1 is 1.04 bits per heavy atom. The molecule has 1 fully saturated rings. The Bertz CT molecular complexity index is 848. The van der Waals surface area contributed by atoms with Crippen LogP contribution in [0.2, 0.25) is 0 Å². The fourth-order valence-corrected chi connectivity index (χ4v) is 3.52. The maximum atomic E-state index is 12.8. The van der Waals surface area contributed by atoms with Gasteiger partial charge in [0.15, 0.2) is 0 Å². The third-order valence-corrected chi connectivity index (χ3v) is 5.46. The summed E-state index contributed by atoms with van der Waals surface area (Å²) in [5, 5.41) is 0. The van der Waals surface area contributed by atoms with Crippen LogP contribution in [0.5, 0.6) is 5.75 Å². The zero-order valence-corrected chi connectivity index (χ0v) is 16.5. The molecular formula is C21H27N3O3. The van der Waals surface area contributed by atoms with E-state index in [-0.39, 0.29) is 11.8 Å². The van der Waals surface area contributed by atoms with Crippen LogP contribution in [0.1, 0.15) is 27.3 Å². The van der Waals surface area contributed by atoms with E-state index in [1.165, 1.54) is 0 Å². The number of benzene rings is 1. The van der Waals surface area contributed by atoms with E-state index in [1.54, 1.807) is 7.11 Å². The van der Waals surface area contributed by atoms with Gasteiger partial charge in [-0.2, -0.15) is 0 Å². The Morgan fingerprint density at radius 3 is 2.26 bits per heavy atom. The maximum Gasteiger partial charge on any atom is 0.255 e. The van der Waals surface area contributed by atoms with E-state index in [4.69, 9.17) is 4.74 Å². The Morgan fingerprint density at radius 2 is 1.67 bits per heavy atom. The van der Waals surface area contributed by atoms with Crippen molar-refractivity contribution in [3.8, 4) is 5.75 Å². The van der Waals surface area contributed by atoms with Gasteiger partial charge in [0.05, 0.1) is 19.1 Å². The molecule has 6 nitrogen and oxygen atoms in total. The van der Waals surface area contributed by atoms with Crippen LogP contribution in [0.15, 0.2) is 30.3 Å². The Hall–Kier alpha value is -2.76. The number of nitrogens with zero attached hydrogens (tertiary/aromatic N) is 3. The van der Waals surface area contributed by atoms with E-state index >= 15 is 0 Å². The molecule has 6 heteroatoms. The molecule has 0 atom stereocenters. The predicted octanol–water partition coefficient (Wildman–Crippen LogP) is 2.18. The number of aryl methyl sites for hydroxylation is 1. The quantitative estimate of drug-likeness (QED) is 0.830. The van der Waals surface area contributed by atoms with E-state index in [0.29, 0.717) is 32.6 Å². The van der Waals surface area contributed by atoms with Gasteiger partial charge in [0, 0.05) is 50.2 Å². The van der Waals surface area contributed by atoms with Crippen molar-refractivity contribution in [1.82, 2.24) is 14.4 Å². The van der Waals surface area contributed by atoms with Crippen molar-refractivity contribution in [2.24, 2.45) is 7.05 Å². The highest BCUT2D eigenvalue weighted by Gasteiger charge is 2.27. The average Bonchev–Trinajstić information content (AvgIpc) is 2.95. The van der Waals surface area contributed by atoms with Gasteiger partial charge in [0.2, 0.25) is 5.91 Å². The number of aromatic nitrogens is 1. The van der Waals surface area contributed by atoms with Gasteiger partial charge >= 0.3 is 0 Å². The summed E-state index contributed by atoms with van der Waals surface area (Å²) in [6.45, 7) is 6.20. The van der Waals surface area contributed by atoms with Crippen molar-refractivity contribution in [2.75, 3.05) is 33.3 Å². The third-order valence-electron chi connectivity index (χ3n) is 5.46. The number of carbonyl (C=O) groups excluding carboxylic acids is 2. The summed E-state index contributed by atoms with van der Waals surface area (Å²) < 4.78 is 7.36. The van der Waals surface area contributed by atoms with Gasteiger partial charge in [-0.15, -0.1) is 0 Å². The number of methoxy groups -OCH3 is 1. The number of amides is 2. The number of hydrogen-bond donors (Lipinski definition) is 0. The number of hydrogen-bond acceptors (Lipinski definition) is 3. The SMILES string of the molecule is COc1ccccc1CC(=O)N1CCN(C(=O)c2cc(C)n(C)c2C)CC1. The summed E-state index contributed by atoms with van der Waals surface area (Å²) in [5.41, 5.74) is 3.69. The summed E-state index contributed by atoms with van der Waals surface area (Å²) >= 11 is 0. The van der Waals surface area contributed by atoms with Crippen molar-refractivity contribution in [3.05, 3.63) is 52.8 Å². The van der Waals surface area contributed by atoms with E-state index < -0.39 is 0 Å². The molecule has 144 valence electrons. The first kappa shape index (κ1) is 19.0. The lowest BCUT2D eigenvalue weighted by atomic mass is 10.1. The molecule has 1 aromatic heterocycles. The van der Waals surface area contributed by atoms with Gasteiger partial charge in [-0.3, -0.25) is 9.59 Å². The summed E-state index contributed by atoms with van der Waals surface area (Å²) in [6, 6.07) is 9.52. The lowest BCUT2D eigenvalue weighted by molar-refractivity contribution is -0.131. The van der Waals surface area contributed by atoms with Gasteiger partial charge in [0.25, 0.3) is 5.91 Å². The molecule has 27 heavy (non-hydrogen) atoms. The fourth-order valence-electron chi connectivity index (χ4n) is 3.52. The third kappa shape index (κ3) is 3.84. The van der Waals surface area contributed by atoms with Crippen LogP contribution >= 0.6 is 0 Å². The molecule has 0 N–H and O–H groups in total. The number of para-hydroxylation sites is 1. The van der Waals surface area contributed by atoms with Gasteiger partial charge in [-0.1, -0.05) is 18.2 Å². The molecule has 0 spiro atoms. The summed E-state index contributed by atoms with van der Waals surface area (Å²) in [4.78, 5) is 29.2. The highest BCUT2D eigenvalue weighted by atomic mass is 16.5. The predicted molar refractivity (Wildman–Crippen MR) is 104 cm³/mol. The molecule has 0 saturated carbocycles.